The van der Waals surface area contributed by atoms with Crippen LogP contribution in [0.25, 0.3) is 0 Å². The van der Waals surface area contributed by atoms with Crippen molar-refractivity contribution < 1.29 is 24.1 Å². The number of carbonyl (C=O) groups excluding carboxylic acids is 4. The molecule has 9 heteroatoms. The lowest BCUT2D eigenvalue weighted by atomic mass is 9.81. The first-order valence-corrected chi connectivity index (χ1v) is 10.8. The first-order chi connectivity index (χ1) is 15.8. The number of rotatable bonds is 6. The summed E-state index contributed by atoms with van der Waals surface area (Å²) in [5, 5.41) is 12.7. The number of hydrogen-bond acceptors (Lipinski definition) is 6. The minimum absolute atomic E-state index is 0.0350. The number of benzene rings is 2. The molecule has 4 rings (SSSR count). The van der Waals surface area contributed by atoms with Crippen LogP contribution < -0.4 is 0 Å². The number of aryl methyl sites for hydroxylation is 1. The number of hydrogen-bond donors (Lipinski definition) is 0. The summed E-state index contributed by atoms with van der Waals surface area (Å²) in [6, 6.07) is 11.6. The largest absolute Gasteiger partial charge is 0.292 e. The Morgan fingerprint density at radius 3 is 1.97 bits per heavy atom. The number of non-ortho nitro benzene ring substituents is 1. The SMILES string of the molecule is Cc1ccc(C(=O)CN(C(=O)c2ccc([N+](=O)[O-])cc2)N2C(=O)[C@H]3CCCC[C@@H]3C2=O)cc1. The monoisotopic (exact) mass is 449 g/mol. The molecule has 1 saturated heterocycles. The van der Waals surface area contributed by atoms with Crippen molar-refractivity contribution in [2.75, 3.05) is 6.54 Å². The molecule has 2 aliphatic rings. The van der Waals surface area contributed by atoms with Crippen molar-refractivity contribution in [3.05, 3.63) is 75.3 Å². The normalized spacial score (nSPS) is 19.8. The van der Waals surface area contributed by atoms with Gasteiger partial charge < -0.3 is 0 Å². The highest BCUT2D eigenvalue weighted by Crippen LogP contribution is 2.39. The highest BCUT2D eigenvalue weighted by molar-refractivity contribution is 6.09. The fourth-order valence-corrected chi connectivity index (χ4v) is 4.46. The number of fused-ring (bicyclic) bond motifs is 1. The molecule has 1 aliphatic heterocycles. The van der Waals surface area contributed by atoms with E-state index >= 15 is 0 Å². The van der Waals surface area contributed by atoms with Gasteiger partial charge in [0.1, 0.15) is 6.54 Å². The zero-order chi connectivity index (χ0) is 23.7. The van der Waals surface area contributed by atoms with Gasteiger partial charge in [-0.2, -0.15) is 5.01 Å². The molecule has 0 bridgehead atoms. The Labute approximate surface area is 190 Å². The van der Waals surface area contributed by atoms with Gasteiger partial charge in [-0.1, -0.05) is 42.7 Å². The van der Waals surface area contributed by atoms with E-state index in [4.69, 9.17) is 0 Å². The number of Topliss-reactive ketones (excluding diaryl/α,β-unsaturated/α-hetero) is 1. The van der Waals surface area contributed by atoms with Gasteiger partial charge in [-0.3, -0.25) is 29.3 Å². The third kappa shape index (κ3) is 4.26. The number of nitro benzene ring substituents is 1. The van der Waals surface area contributed by atoms with E-state index in [-0.39, 0.29) is 11.3 Å². The number of imide groups is 1. The molecular formula is C24H23N3O6. The molecule has 170 valence electrons. The van der Waals surface area contributed by atoms with Gasteiger partial charge in [0.15, 0.2) is 5.78 Å². The second-order valence-electron chi connectivity index (χ2n) is 8.44. The van der Waals surface area contributed by atoms with Gasteiger partial charge >= 0.3 is 0 Å². The van der Waals surface area contributed by atoms with Gasteiger partial charge in [0.05, 0.1) is 16.8 Å². The third-order valence-corrected chi connectivity index (χ3v) is 6.29. The summed E-state index contributed by atoms with van der Waals surface area (Å²) in [5.41, 5.74) is 1.14. The maximum absolute atomic E-state index is 13.4. The summed E-state index contributed by atoms with van der Waals surface area (Å²) in [5.74, 6) is -3.11. The maximum Gasteiger partial charge on any atom is 0.273 e. The molecule has 33 heavy (non-hydrogen) atoms. The van der Waals surface area contributed by atoms with E-state index in [1.807, 2.05) is 6.92 Å². The first-order valence-electron chi connectivity index (χ1n) is 10.8. The topological polar surface area (TPSA) is 118 Å². The molecular weight excluding hydrogens is 426 g/mol. The fourth-order valence-electron chi connectivity index (χ4n) is 4.46. The van der Waals surface area contributed by atoms with Crippen LogP contribution in [0, 0.1) is 28.9 Å². The minimum Gasteiger partial charge on any atom is -0.292 e. The highest BCUT2D eigenvalue weighted by atomic mass is 16.6. The van der Waals surface area contributed by atoms with Crippen LogP contribution in [-0.2, 0) is 9.59 Å². The molecule has 1 aliphatic carbocycles. The average Bonchev–Trinajstić information content (AvgIpc) is 3.07. The van der Waals surface area contributed by atoms with E-state index in [2.05, 4.69) is 0 Å². The standard InChI is InChI=1S/C24H23N3O6/c1-15-6-8-16(9-7-15)21(28)14-25(22(29)17-10-12-18(13-11-17)27(32)33)26-23(30)19-4-2-3-5-20(19)24(26)31/h6-13,19-20H,2-5,14H2,1H3/t19-,20-/m0/s1. The second kappa shape index (κ2) is 8.93. The summed E-state index contributed by atoms with van der Waals surface area (Å²) in [4.78, 5) is 63.0. The van der Waals surface area contributed by atoms with Crippen molar-refractivity contribution in [1.29, 1.82) is 0 Å². The second-order valence-corrected chi connectivity index (χ2v) is 8.44. The first kappa shape index (κ1) is 22.3. The van der Waals surface area contributed by atoms with Gasteiger partial charge in [0, 0.05) is 23.3 Å². The number of hydrazine groups is 1. The van der Waals surface area contributed by atoms with Gasteiger partial charge in [-0.05, 0) is 31.9 Å². The van der Waals surface area contributed by atoms with Crippen LogP contribution in [0.2, 0.25) is 0 Å². The highest BCUT2D eigenvalue weighted by Gasteiger charge is 2.51. The number of nitro groups is 1. The molecule has 2 aromatic rings. The number of nitrogens with zero attached hydrogens (tertiary/aromatic N) is 3. The summed E-state index contributed by atoms with van der Waals surface area (Å²) in [6.45, 7) is 1.37. The van der Waals surface area contributed by atoms with Crippen LogP contribution in [-0.4, -0.2) is 45.0 Å². The van der Waals surface area contributed by atoms with Gasteiger partial charge in [0.2, 0.25) is 0 Å². The van der Waals surface area contributed by atoms with Crippen LogP contribution in [0.4, 0.5) is 5.69 Å². The van der Waals surface area contributed by atoms with Crippen molar-refractivity contribution in [2.45, 2.75) is 32.6 Å². The molecule has 0 aromatic heterocycles. The van der Waals surface area contributed by atoms with E-state index in [0.29, 0.717) is 18.4 Å². The Bertz CT molecular complexity index is 1100. The van der Waals surface area contributed by atoms with Crippen molar-refractivity contribution in [3.63, 3.8) is 0 Å². The molecule has 2 atom stereocenters. The van der Waals surface area contributed by atoms with E-state index in [9.17, 15) is 29.3 Å². The lowest BCUT2D eigenvalue weighted by Crippen LogP contribution is -2.52. The minimum atomic E-state index is -0.745. The van der Waals surface area contributed by atoms with E-state index in [0.717, 1.165) is 28.4 Å². The van der Waals surface area contributed by atoms with Gasteiger partial charge in [0.25, 0.3) is 23.4 Å². The Morgan fingerprint density at radius 2 is 1.45 bits per heavy atom. The number of carbonyl (C=O) groups is 4. The summed E-state index contributed by atoms with van der Waals surface area (Å²) >= 11 is 0. The molecule has 1 saturated carbocycles. The summed E-state index contributed by atoms with van der Waals surface area (Å²) < 4.78 is 0. The molecule has 0 N–H and O–H groups in total. The van der Waals surface area contributed by atoms with Crippen LogP contribution in [0.5, 0.6) is 0 Å². The molecule has 2 fully saturated rings. The van der Waals surface area contributed by atoms with E-state index < -0.39 is 46.8 Å². The van der Waals surface area contributed by atoms with Crippen molar-refractivity contribution >= 4 is 29.2 Å². The van der Waals surface area contributed by atoms with Crippen LogP contribution >= 0.6 is 0 Å². The molecule has 0 radical (unpaired) electrons. The Morgan fingerprint density at radius 1 is 0.939 bits per heavy atom. The zero-order valence-corrected chi connectivity index (χ0v) is 18.1. The summed E-state index contributed by atoms with van der Waals surface area (Å²) in [7, 11) is 0. The Hall–Kier alpha value is -3.88. The van der Waals surface area contributed by atoms with Crippen LogP contribution in [0.1, 0.15) is 52.0 Å². The maximum atomic E-state index is 13.4. The molecule has 0 spiro atoms. The van der Waals surface area contributed by atoms with Gasteiger partial charge in [-0.15, -0.1) is 0 Å². The Balaban J connectivity index is 1.68. The average molecular weight is 449 g/mol. The van der Waals surface area contributed by atoms with E-state index in [1.165, 1.54) is 24.3 Å². The van der Waals surface area contributed by atoms with Crippen molar-refractivity contribution in [2.24, 2.45) is 11.8 Å². The molecule has 0 unspecified atom stereocenters. The smallest absolute Gasteiger partial charge is 0.273 e. The van der Waals surface area contributed by atoms with Crippen LogP contribution in [0.3, 0.4) is 0 Å². The lowest BCUT2D eigenvalue weighted by molar-refractivity contribution is -0.384. The molecule has 9 nitrogen and oxygen atoms in total. The van der Waals surface area contributed by atoms with Crippen molar-refractivity contribution in [3.8, 4) is 0 Å². The molecule has 3 amide bonds. The van der Waals surface area contributed by atoms with Gasteiger partial charge in [-0.25, -0.2) is 5.01 Å². The predicted octanol–water partition coefficient (Wildman–Crippen LogP) is 3.32. The summed E-state index contributed by atoms with van der Waals surface area (Å²) in [6.07, 6.45) is 2.79. The van der Waals surface area contributed by atoms with E-state index in [1.54, 1.807) is 24.3 Å². The third-order valence-electron chi connectivity index (χ3n) is 6.29. The lowest BCUT2D eigenvalue weighted by Gasteiger charge is -2.30. The quantitative estimate of drug-likeness (QED) is 0.289. The zero-order valence-electron chi connectivity index (χ0n) is 18.1. The Kier molecular flexibility index (Phi) is 6.04. The van der Waals surface area contributed by atoms with Crippen LogP contribution in [0.15, 0.2) is 48.5 Å². The van der Waals surface area contributed by atoms with Crippen molar-refractivity contribution in [1.82, 2.24) is 10.0 Å². The number of ketones is 1. The number of amides is 3. The predicted molar refractivity (Wildman–Crippen MR) is 117 cm³/mol. The fraction of sp³-hybridized carbons (Fsp3) is 0.333. The molecule has 2 aromatic carbocycles. The molecule has 1 heterocycles.